The van der Waals surface area contributed by atoms with E-state index in [1.165, 1.54) is 6.92 Å². The van der Waals surface area contributed by atoms with Crippen molar-refractivity contribution in [3.8, 4) is 6.07 Å². The van der Waals surface area contributed by atoms with E-state index in [0.717, 1.165) is 0 Å². The maximum Gasteiger partial charge on any atom is 0.338 e. The first-order chi connectivity index (χ1) is 14.3. The molecule has 0 bridgehead atoms. The second-order valence-electron chi connectivity index (χ2n) is 6.68. The molecule has 8 nitrogen and oxygen atoms in total. The predicted molar refractivity (Wildman–Crippen MR) is 111 cm³/mol. The van der Waals surface area contributed by atoms with Gasteiger partial charge in [0.05, 0.1) is 28.2 Å². The minimum atomic E-state index is -1.04. The van der Waals surface area contributed by atoms with Crippen LogP contribution in [0.3, 0.4) is 0 Å². The molecule has 0 radical (unpaired) electrons. The number of aryl methyl sites for hydroxylation is 2. The second kappa shape index (κ2) is 8.57. The van der Waals surface area contributed by atoms with E-state index in [1.807, 2.05) is 13.0 Å². The summed E-state index contributed by atoms with van der Waals surface area (Å²) in [6, 6.07) is 13.1. The van der Waals surface area contributed by atoms with Crippen LogP contribution in [-0.2, 0) is 16.1 Å². The zero-order valence-corrected chi connectivity index (χ0v) is 16.8. The fourth-order valence-electron chi connectivity index (χ4n) is 2.97. The van der Waals surface area contributed by atoms with E-state index in [-0.39, 0.29) is 11.1 Å². The summed E-state index contributed by atoms with van der Waals surface area (Å²) in [6.07, 6.45) is -1.04. The van der Waals surface area contributed by atoms with Gasteiger partial charge in [0, 0.05) is 12.2 Å². The second-order valence-corrected chi connectivity index (χ2v) is 6.68. The van der Waals surface area contributed by atoms with Gasteiger partial charge in [-0.05, 0) is 63.2 Å². The molecule has 30 heavy (non-hydrogen) atoms. The van der Waals surface area contributed by atoms with Crippen LogP contribution >= 0.6 is 0 Å². The number of nitriles is 1. The molecule has 152 valence electrons. The highest BCUT2D eigenvalue weighted by Gasteiger charge is 2.20. The van der Waals surface area contributed by atoms with Gasteiger partial charge < -0.3 is 14.6 Å². The van der Waals surface area contributed by atoms with Crippen LogP contribution in [0.5, 0.6) is 0 Å². The van der Waals surface area contributed by atoms with Crippen molar-refractivity contribution in [1.29, 1.82) is 5.26 Å². The first-order valence-electron chi connectivity index (χ1n) is 9.37. The number of ether oxygens (including phenoxy) is 1. The minimum absolute atomic E-state index is 0.173. The number of carbonyl (C=O) groups excluding carboxylic acids is 2. The van der Waals surface area contributed by atoms with Gasteiger partial charge >= 0.3 is 5.97 Å². The summed E-state index contributed by atoms with van der Waals surface area (Å²) in [5.74, 6) is -1.17. The number of rotatable bonds is 5. The number of aromatic nitrogens is 2. The molecule has 3 aromatic rings. The van der Waals surface area contributed by atoms with Crippen molar-refractivity contribution in [2.75, 3.05) is 5.32 Å². The SMILES string of the molecule is CCn1c(=O)c(C)nc2cc(C(=O)O[C@@H](C)C(=O)Nc3ccc(C#N)cc3)ccc21. The number of anilines is 1. The maximum absolute atomic E-state index is 12.5. The Morgan fingerprint density at radius 2 is 1.93 bits per heavy atom. The predicted octanol–water partition coefficient (Wildman–Crippen LogP) is 2.78. The number of amides is 1. The zero-order chi connectivity index (χ0) is 21.8. The van der Waals surface area contributed by atoms with E-state index in [9.17, 15) is 14.4 Å². The average Bonchev–Trinajstić information content (AvgIpc) is 2.74. The van der Waals surface area contributed by atoms with Crippen molar-refractivity contribution < 1.29 is 14.3 Å². The highest BCUT2D eigenvalue weighted by molar-refractivity contribution is 5.98. The minimum Gasteiger partial charge on any atom is -0.449 e. The lowest BCUT2D eigenvalue weighted by molar-refractivity contribution is -0.123. The summed E-state index contributed by atoms with van der Waals surface area (Å²) in [4.78, 5) is 41.3. The third-order valence-electron chi connectivity index (χ3n) is 4.60. The van der Waals surface area contributed by atoms with Crippen LogP contribution in [0.15, 0.2) is 47.3 Å². The lowest BCUT2D eigenvalue weighted by Crippen LogP contribution is -2.30. The summed E-state index contributed by atoms with van der Waals surface area (Å²) in [5.41, 5.74) is 2.48. The van der Waals surface area contributed by atoms with Gasteiger partial charge in [-0.15, -0.1) is 0 Å². The Hall–Kier alpha value is -3.99. The first-order valence-corrected chi connectivity index (χ1v) is 9.37. The van der Waals surface area contributed by atoms with Crippen LogP contribution < -0.4 is 10.9 Å². The zero-order valence-electron chi connectivity index (χ0n) is 16.8. The van der Waals surface area contributed by atoms with Crippen LogP contribution in [0.2, 0.25) is 0 Å². The van der Waals surface area contributed by atoms with E-state index in [0.29, 0.717) is 34.5 Å². The summed E-state index contributed by atoms with van der Waals surface area (Å²) in [5, 5.41) is 11.4. The van der Waals surface area contributed by atoms with Crippen LogP contribution in [0.25, 0.3) is 11.0 Å². The molecule has 1 N–H and O–H groups in total. The van der Waals surface area contributed by atoms with Crippen molar-refractivity contribution in [3.05, 3.63) is 69.6 Å². The Bertz CT molecular complexity index is 1220. The molecule has 8 heteroatoms. The van der Waals surface area contributed by atoms with E-state index in [4.69, 9.17) is 10.00 Å². The van der Waals surface area contributed by atoms with Gasteiger partial charge in [-0.25, -0.2) is 9.78 Å². The van der Waals surface area contributed by atoms with Crippen LogP contribution in [0, 0.1) is 18.3 Å². The average molecular weight is 404 g/mol. The molecule has 0 saturated carbocycles. The van der Waals surface area contributed by atoms with Crippen LogP contribution in [-0.4, -0.2) is 27.5 Å². The van der Waals surface area contributed by atoms with E-state index >= 15 is 0 Å². The van der Waals surface area contributed by atoms with Crippen molar-refractivity contribution >= 4 is 28.6 Å². The number of esters is 1. The van der Waals surface area contributed by atoms with Gasteiger partial charge in [-0.2, -0.15) is 5.26 Å². The Morgan fingerprint density at radius 1 is 1.23 bits per heavy atom. The van der Waals surface area contributed by atoms with Gasteiger partial charge in [-0.3, -0.25) is 9.59 Å². The van der Waals surface area contributed by atoms with Crippen molar-refractivity contribution in [3.63, 3.8) is 0 Å². The largest absolute Gasteiger partial charge is 0.449 e. The highest BCUT2D eigenvalue weighted by atomic mass is 16.5. The Labute approximate surface area is 172 Å². The number of hydrogen-bond donors (Lipinski definition) is 1. The lowest BCUT2D eigenvalue weighted by Gasteiger charge is -2.14. The number of fused-ring (bicyclic) bond motifs is 1. The van der Waals surface area contributed by atoms with Gasteiger partial charge in [0.2, 0.25) is 0 Å². The molecular formula is C22H20N4O4. The summed E-state index contributed by atoms with van der Waals surface area (Å²) in [6.45, 7) is 5.43. The molecular weight excluding hydrogens is 384 g/mol. The van der Waals surface area contributed by atoms with E-state index < -0.39 is 18.0 Å². The Balaban J connectivity index is 1.75. The molecule has 1 atom stereocenters. The van der Waals surface area contributed by atoms with Gasteiger partial charge in [0.15, 0.2) is 6.10 Å². The summed E-state index contributed by atoms with van der Waals surface area (Å²) < 4.78 is 6.86. The summed E-state index contributed by atoms with van der Waals surface area (Å²) in [7, 11) is 0. The third-order valence-corrected chi connectivity index (χ3v) is 4.60. The molecule has 1 amide bonds. The fraction of sp³-hybridized carbons (Fsp3) is 0.227. The fourth-order valence-corrected chi connectivity index (χ4v) is 2.97. The molecule has 2 aromatic carbocycles. The summed E-state index contributed by atoms with van der Waals surface area (Å²) >= 11 is 0. The Morgan fingerprint density at radius 3 is 2.57 bits per heavy atom. The highest BCUT2D eigenvalue weighted by Crippen LogP contribution is 2.16. The smallest absolute Gasteiger partial charge is 0.338 e. The van der Waals surface area contributed by atoms with E-state index in [2.05, 4.69) is 10.3 Å². The number of hydrogen-bond acceptors (Lipinski definition) is 6. The van der Waals surface area contributed by atoms with E-state index in [1.54, 1.807) is 54.0 Å². The van der Waals surface area contributed by atoms with Gasteiger partial charge in [0.25, 0.3) is 11.5 Å². The number of nitrogens with one attached hydrogen (secondary N) is 1. The maximum atomic E-state index is 12.5. The molecule has 0 spiro atoms. The lowest BCUT2D eigenvalue weighted by atomic mass is 10.2. The molecule has 1 heterocycles. The molecule has 0 saturated heterocycles. The first kappa shape index (κ1) is 20.7. The van der Waals surface area contributed by atoms with Gasteiger partial charge in [0.1, 0.15) is 5.69 Å². The number of benzene rings is 2. The molecule has 0 aliphatic carbocycles. The van der Waals surface area contributed by atoms with Crippen molar-refractivity contribution in [1.82, 2.24) is 9.55 Å². The Kier molecular flexibility index (Phi) is 5.93. The monoisotopic (exact) mass is 404 g/mol. The standard InChI is InChI=1S/C22H20N4O4/c1-4-26-19-10-7-16(11-18(19)24-13(2)21(26)28)22(29)30-14(3)20(27)25-17-8-5-15(12-23)6-9-17/h5-11,14H,4H2,1-3H3,(H,25,27)/t14-/m0/s1. The topological polar surface area (TPSA) is 114 Å². The van der Waals surface area contributed by atoms with Crippen molar-refractivity contribution in [2.24, 2.45) is 0 Å². The van der Waals surface area contributed by atoms with Crippen molar-refractivity contribution in [2.45, 2.75) is 33.4 Å². The van der Waals surface area contributed by atoms with Crippen LogP contribution in [0.4, 0.5) is 5.69 Å². The molecule has 0 unspecified atom stereocenters. The van der Waals surface area contributed by atoms with Gasteiger partial charge in [-0.1, -0.05) is 0 Å². The molecule has 0 fully saturated rings. The molecule has 0 aliphatic rings. The number of carbonyl (C=O) groups is 2. The molecule has 1 aromatic heterocycles. The molecule has 0 aliphatic heterocycles. The quantitative estimate of drug-likeness (QED) is 0.654. The number of nitrogens with zero attached hydrogens (tertiary/aromatic N) is 3. The normalized spacial score (nSPS) is 11.5. The molecule has 3 rings (SSSR count). The third kappa shape index (κ3) is 4.20. The van der Waals surface area contributed by atoms with Crippen LogP contribution in [0.1, 0.15) is 35.5 Å².